The molecule has 1 aliphatic rings. The zero-order chi connectivity index (χ0) is 21.2. The fourth-order valence-corrected chi connectivity index (χ4v) is 3.70. The van der Waals surface area contributed by atoms with Gasteiger partial charge in [0.1, 0.15) is 0 Å². The van der Waals surface area contributed by atoms with Crippen LogP contribution in [0.1, 0.15) is 5.56 Å². The summed E-state index contributed by atoms with van der Waals surface area (Å²) in [6.07, 6.45) is 7.69. The second kappa shape index (κ2) is 7.77. The van der Waals surface area contributed by atoms with Crippen molar-refractivity contribution in [2.45, 2.75) is 11.3 Å². The average Bonchev–Trinajstić information content (AvgIpc) is 2.78. The summed E-state index contributed by atoms with van der Waals surface area (Å²) >= 11 is 0. The number of nitrogens with two attached hydrogens (primary N) is 1. The lowest BCUT2D eigenvalue weighted by Gasteiger charge is -2.48. The van der Waals surface area contributed by atoms with Crippen molar-refractivity contribution in [2.24, 2.45) is 5.73 Å². The molecule has 1 aliphatic heterocycles. The number of carbonyl (C=O) groups excluding carboxylic acids is 1. The van der Waals surface area contributed by atoms with Crippen molar-refractivity contribution >= 4 is 5.97 Å². The van der Waals surface area contributed by atoms with Crippen LogP contribution in [0.3, 0.4) is 0 Å². The van der Waals surface area contributed by atoms with Gasteiger partial charge in [-0.05, 0) is 40.7 Å². The molecular weight excluding hydrogens is 378 g/mol. The van der Waals surface area contributed by atoms with Crippen LogP contribution in [0.5, 0.6) is 0 Å². The summed E-state index contributed by atoms with van der Waals surface area (Å²) in [7, 11) is 1.20. The molecule has 30 heavy (non-hydrogen) atoms. The molecule has 1 fully saturated rings. The van der Waals surface area contributed by atoms with E-state index in [1.54, 1.807) is 6.07 Å². The molecule has 0 spiro atoms. The molecule has 1 heterocycles. The van der Waals surface area contributed by atoms with Crippen LogP contribution in [0.4, 0.5) is 0 Å². The van der Waals surface area contributed by atoms with E-state index in [0.717, 1.165) is 22.3 Å². The van der Waals surface area contributed by atoms with Crippen molar-refractivity contribution in [3.8, 4) is 28.2 Å². The van der Waals surface area contributed by atoms with Crippen molar-refractivity contribution in [3.05, 3.63) is 90.8 Å². The van der Waals surface area contributed by atoms with Crippen LogP contribution in [0.15, 0.2) is 78.9 Å². The van der Waals surface area contributed by atoms with Gasteiger partial charge in [-0.2, -0.15) is 0 Å². The molecular formula is C25H20NO4. The SMILES string of the molecule is [C]#CC(N)(C(=O)OC)C1(c2ccc(-c3ccccc3)c(-c3ccccc3)c2)OCO1. The first kappa shape index (κ1) is 19.9. The van der Waals surface area contributed by atoms with Crippen molar-refractivity contribution in [1.29, 1.82) is 0 Å². The number of carbonyl (C=O) groups is 1. The number of esters is 1. The highest BCUT2D eigenvalue weighted by atomic mass is 16.9. The van der Waals surface area contributed by atoms with Crippen molar-refractivity contribution in [2.75, 3.05) is 13.9 Å². The number of hydrogen-bond acceptors (Lipinski definition) is 5. The highest BCUT2D eigenvalue weighted by molar-refractivity contribution is 5.88. The van der Waals surface area contributed by atoms with Crippen molar-refractivity contribution < 1.29 is 19.0 Å². The average molecular weight is 398 g/mol. The summed E-state index contributed by atoms with van der Waals surface area (Å²) in [5.41, 5.74) is 8.62. The summed E-state index contributed by atoms with van der Waals surface area (Å²) in [5.74, 6) is -0.485. The third kappa shape index (κ3) is 2.99. The van der Waals surface area contributed by atoms with Gasteiger partial charge < -0.3 is 19.9 Å². The third-order valence-electron chi connectivity index (χ3n) is 5.32. The van der Waals surface area contributed by atoms with E-state index in [1.807, 2.05) is 72.8 Å². The predicted octanol–water partition coefficient (Wildman–Crippen LogP) is 3.64. The number of rotatable bonds is 5. The molecule has 0 aliphatic carbocycles. The zero-order valence-corrected chi connectivity index (χ0v) is 16.4. The monoisotopic (exact) mass is 398 g/mol. The summed E-state index contributed by atoms with van der Waals surface area (Å²) in [5, 5.41) is 0. The van der Waals surface area contributed by atoms with Gasteiger partial charge in [-0.1, -0.05) is 72.8 Å². The first-order chi connectivity index (χ1) is 14.6. The molecule has 1 unspecified atom stereocenters. The van der Waals surface area contributed by atoms with Gasteiger partial charge in [-0.3, -0.25) is 0 Å². The third-order valence-corrected chi connectivity index (χ3v) is 5.32. The van der Waals surface area contributed by atoms with E-state index < -0.39 is 17.3 Å². The van der Waals surface area contributed by atoms with Gasteiger partial charge in [0.05, 0.1) is 7.11 Å². The minimum absolute atomic E-state index is 0.0568. The molecule has 4 rings (SSSR count). The van der Waals surface area contributed by atoms with Crippen LogP contribution in [0.25, 0.3) is 22.3 Å². The lowest BCUT2D eigenvalue weighted by molar-refractivity contribution is -0.422. The highest BCUT2D eigenvalue weighted by Gasteiger charge is 2.63. The van der Waals surface area contributed by atoms with Crippen LogP contribution >= 0.6 is 0 Å². The fraction of sp³-hybridized carbons (Fsp3) is 0.160. The molecule has 0 amide bonds. The Balaban J connectivity index is 1.92. The molecule has 1 atom stereocenters. The first-order valence-corrected chi connectivity index (χ1v) is 9.40. The van der Waals surface area contributed by atoms with Crippen LogP contribution < -0.4 is 5.73 Å². The van der Waals surface area contributed by atoms with Gasteiger partial charge >= 0.3 is 5.97 Å². The minimum atomic E-state index is -2.05. The van der Waals surface area contributed by atoms with Gasteiger partial charge in [0, 0.05) is 5.56 Å². The van der Waals surface area contributed by atoms with E-state index >= 15 is 0 Å². The van der Waals surface area contributed by atoms with E-state index in [4.69, 9.17) is 26.4 Å². The minimum Gasteiger partial charge on any atom is -0.467 e. The lowest BCUT2D eigenvalue weighted by atomic mass is 9.81. The largest absolute Gasteiger partial charge is 0.467 e. The summed E-state index contributed by atoms with van der Waals surface area (Å²) in [4.78, 5) is 12.4. The zero-order valence-electron chi connectivity index (χ0n) is 16.4. The molecule has 0 aromatic heterocycles. The van der Waals surface area contributed by atoms with Crippen molar-refractivity contribution in [1.82, 2.24) is 0 Å². The molecule has 1 radical (unpaired) electrons. The Kier molecular flexibility index (Phi) is 5.15. The van der Waals surface area contributed by atoms with Crippen molar-refractivity contribution in [3.63, 3.8) is 0 Å². The summed E-state index contributed by atoms with van der Waals surface area (Å²) in [6, 6.07) is 25.4. The second-order valence-electron chi connectivity index (χ2n) is 6.94. The molecule has 0 bridgehead atoms. The Labute approximate surface area is 175 Å². The molecule has 2 N–H and O–H groups in total. The maximum Gasteiger partial charge on any atom is 0.344 e. The Hall–Kier alpha value is -3.43. The number of benzene rings is 3. The smallest absolute Gasteiger partial charge is 0.344 e. The van der Waals surface area contributed by atoms with Crippen LogP contribution in [0, 0.1) is 12.3 Å². The normalized spacial score (nSPS) is 16.6. The van der Waals surface area contributed by atoms with E-state index in [0.29, 0.717) is 5.56 Å². The lowest BCUT2D eigenvalue weighted by Crippen LogP contribution is -2.69. The molecule has 5 heteroatoms. The maximum atomic E-state index is 12.4. The Bertz CT molecular complexity index is 1100. The molecule has 3 aromatic rings. The van der Waals surface area contributed by atoms with Crippen LogP contribution in [-0.4, -0.2) is 25.4 Å². The van der Waals surface area contributed by atoms with E-state index in [2.05, 4.69) is 5.92 Å². The van der Waals surface area contributed by atoms with E-state index in [1.165, 1.54) is 7.11 Å². The van der Waals surface area contributed by atoms with Gasteiger partial charge in [-0.15, -0.1) is 0 Å². The van der Waals surface area contributed by atoms with Crippen LogP contribution in [-0.2, 0) is 24.8 Å². The number of ether oxygens (including phenoxy) is 3. The Morgan fingerprint density at radius 3 is 2.03 bits per heavy atom. The Morgan fingerprint density at radius 1 is 1.00 bits per heavy atom. The van der Waals surface area contributed by atoms with Gasteiger partial charge in [0.25, 0.3) is 0 Å². The number of hydrogen-bond donors (Lipinski definition) is 1. The van der Waals surface area contributed by atoms with E-state index in [-0.39, 0.29) is 6.79 Å². The molecule has 149 valence electrons. The molecule has 1 saturated heterocycles. The summed E-state index contributed by atoms with van der Waals surface area (Å²) in [6.45, 7) is -0.0568. The molecule has 5 nitrogen and oxygen atoms in total. The first-order valence-electron chi connectivity index (χ1n) is 9.40. The Morgan fingerprint density at radius 2 is 1.57 bits per heavy atom. The summed E-state index contributed by atoms with van der Waals surface area (Å²) < 4.78 is 16.2. The van der Waals surface area contributed by atoms with Gasteiger partial charge in [0.2, 0.25) is 11.3 Å². The van der Waals surface area contributed by atoms with Gasteiger partial charge in [-0.25, -0.2) is 4.79 Å². The number of methoxy groups -OCH3 is 1. The second-order valence-corrected chi connectivity index (χ2v) is 6.94. The van der Waals surface area contributed by atoms with E-state index in [9.17, 15) is 4.79 Å². The van der Waals surface area contributed by atoms with Crippen LogP contribution in [0.2, 0.25) is 0 Å². The maximum absolute atomic E-state index is 12.4. The molecule has 0 saturated carbocycles. The highest BCUT2D eigenvalue weighted by Crippen LogP contribution is 2.45. The fourth-order valence-electron chi connectivity index (χ4n) is 3.70. The predicted molar refractivity (Wildman–Crippen MR) is 112 cm³/mol. The van der Waals surface area contributed by atoms with Gasteiger partial charge in [0.15, 0.2) is 6.79 Å². The molecule has 3 aromatic carbocycles. The standard InChI is InChI=1S/C25H20NO4/c1-3-24(26,23(27)28-2)25(29-17-30-25)20-14-15-21(18-10-6-4-7-11-18)22(16-20)19-12-8-5-9-13-19/h4-16H,17,26H2,2H3. The topological polar surface area (TPSA) is 70.8 Å². The quantitative estimate of drug-likeness (QED) is 0.525.